The van der Waals surface area contributed by atoms with Crippen molar-refractivity contribution in [3.63, 3.8) is 0 Å². The normalized spacial score (nSPS) is 12.7. The van der Waals surface area contributed by atoms with E-state index in [4.69, 9.17) is 34.8 Å². The van der Waals surface area contributed by atoms with Crippen molar-refractivity contribution >= 4 is 62.3 Å². The first-order valence-electron chi connectivity index (χ1n) is 14.8. The number of nitrogens with zero attached hydrogens (tertiary/aromatic N) is 2. The maximum Gasteiger partial charge on any atom is 0.264 e. The molecule has 0 saturated carbocycles. The van der Waals surface area contributed by atoms with Gasteiger partial charge in [0, 0.05) is 24.0 Å². The minimum Gasteiger partial charge on any atom is -0.352 e. The minimum atomic E-state index is -4.32. The molecule has 2 atom stereocenters. The second kappa shape index (κ2) is 15.8. The van der Waals surface area contributed by atoms with Gasteiger partial charge in [-0.05, 0) is 67.8 Å². The van der Waals surface area contributed by atoms with Gasteiger partial charge < -0.3 is 10.2 Å². The van der Waals surface area contributed by atoms with Crippen molar-refractivity contribution in [2.24, 2.45) is 0 Å². The van der Waals surface area contributed by atoms with E-state index in [9.17, 15) is 18.0 Å². The summed E-state index contributed by atoms with van der Waals surface area (Å²) in [5, 5.41) is 3.58. The first kappa shape index (κ1) is 35.3. The molecule has 0 aliphatic carbocycles. The van der Waals surface area contributed by atoms with E-state index < -0.39 is 28.5 Å². The highest BCUT2D eigenvalue weighted by molar-refractivity contribution is 7.92. The van der Waals surface area contributed by atoms with Gasteiger partial charge in [0.25, 0.3) is 10.0 Å². The number of halogens is 3. The molecule has 0 saturated heterocycles. The fourth-order valence-corrected chi connectivity index (χ4v) is 6.95. The predicted molar refractivity (Wildman–Crippen MR) is 186 cm³/mol. The van der Waals surface area contributed by atoms with Crippen LogP contribution in [-0.2, 0) is 32.6 Å². The zero-order valence-electron chi connectivity index (χ0n) is 25.8. The van der Waals surface area contributed by atoms with Crippen molar-refractivity contribution in [3.05, 3.63) is 129 Å². The number of rotatable bonds is 13. The van der Waals surface area contributed by atoms with Gasteiger partial charge in [0.05, 0.1) is 20.6 Å². The fraction of sp³-hybridized carbons (Fsp3) is 0.257. The molecule has 4 aromatic carbocycles. The van der Waals surface area contributed by atoms with E-state index in [1.165, 1.54) is 29.2 Å². The maximum absolute atomic E-state index is 14.6. The molecule has 0 radical (unpaired) electrons. The Bertz CT molecular complexity index is 1770. The molecule has 0 bridgehead atoms. The Kier molecular flexibility index (Phi) is 12.1. The van der Waals surface area contributed by atoms with E-state index in [-0.39, 0.29) is 45.5 Å². The number of anilines is 1. The number of hydrogen-bond acceptors (Lipinski definition) is 4. The monoisotopic (exact) mass is 699 g/mol. The Labute approximate surface area is 286 Å². The number of hydrogen-bond donors (Lipinski definition) is 1. The molecule has 4 rings (SSSR count). The van der Waals surface area contributed by atoms with Gasteiger partial charge in [-0.3, -0.25) is 13.9 Å². The van der Waals surface area contributed by atoms with Crippen LogP contribution in [0, 0.1) is 6.92 Å². The Morgan fingerprint density at radius 1 is 0.848 bits per heavy atom. The number of carbonyl (C=O) groups is 2. The first-order chi connectivity index (χ1) is 21.9. The average Bonchev–Trinajstić information content (AvgIpc) is 3.03. The standard InChI is InChI=1S/C35H36Cl3N3O4S/c1-4-25(3)39-35(43)32(21-26-10-6-5-7-11-26)40(22-27-12-8-13-28(36)20-27)33(42)23-41(31-15-9-14-30(37)34(31)38)46(44,45)29-18-16-24(2)17-19-29/h5-20,25,32H,4,21-23H2,1-3H3,(H,39,43)/t25-,32+/m0/s1. The predicted octanol–water partition coefficient (Wildman–Crippen LogP) is 7.71. The largest absolute Gasteiger partial charge is 0.352 e. The van der Waals surface area contributed by atoms with Crippen LogP contribution in [0.2, 0.25) is 15.1 Å². The van der Waals surface area contributed by atoms with Crippen molar-refractivity contribution in [2.75, 3.05) is 10.8 Å². The lowest BCUT2D eigenvalue weighted by molar-refractivity contribution is -0.140. The van der Waals surface area contributed by atoms with E-state index in [2.05, 4.69) is 5.32 Å². The van der Waals surface area contributed by atoms with Crippen LogP contribution in [0.25, 0.3) is 0 Å². The second-order valence-corrected chi connectivity index (χ2v) is 14.2. The lowest BCUT2D eigenvalue weighted by Gasteiger charge is -2.34. The zero-order chi connectivity index (χ0) is 33.4. The molecule has 46 heavy (non-hydrogen) atoms. The third-order valence-corrected chi connectivity index (χ3v) is 10.4. The highest BCUT2D eigenvalue weighted by Gasteiger charge is 2.35. The Balaban J connectivity index is 1.84. The van der Waals surface area contributed by atoms with E-state index in [1.54, 1.807) is 42.5 Å². The molecule has 0 unspecified atom stereocenters. The Morgan fingerprint density at radius 3 is 2.15 bits per heavy atom. The number of carbonyl (C=O) groups excluding carboxylic acids is 2. The summed E-state index contributed by atoms with van der Waals surface area (Å²) in [6.07, 6.45) is 0.875. The molecular weight excluding hydrogens is 665 g/mol. The molecule has 4 aromatic rings. The zero-order valence-corrected chi connectivity index (χ0v) is 28.9. The summed E-state index contributed by atoms with van der Waals surface area (Å²) in [6.45, 7) is 5.02. The Hall–Kier alpha value is -3.56. The van der Waals surface area contributed by atoms with Crippen LogP contribution in [-0.4, -0.2) is 43.8 Å². The Morgan fingerprint density at radius 2 is 1.50 bits per heavy atom. The first-order valence-corrected chi connectivity index (χ1v) is 17.4. The number of aryl methyl sites for hydroxylation is 1. The SMILES string of the molecule is CC[C@H](C)NC(=O)[C@@H](Cc1ccccc1)N(Cc1cccc(Cl)c1)C(=O)CN(c1cccc(Cl)c1Cl)S(=O)(=O)c1ccc(C)cc1. The summed E-state index contributed by atoms with van der Waals surface area (Å²) in [5.41, 5.74) is 2.40. The van der Waals surface area contributed by atoms with Gasteiger partial charge in [0.2, 0.25) is 11.8 Å². The summed E-state index contributed by atoms with van der Waals surface area (Å²) < 4.78 is 29.4. The van der Waals surface area contributed by atoms with Crippen LogP contribution in [0.15, 0.2) is 102 Å². The van der Waals surface area contributed by atoms with E-state index in [1.807, 2.05) is 51.1 Å². The number of sulfonamides is 1. The number of benzene rings is 4. The molecule has 0 heterocycles. The van der Waals surface area contributed by atoms with E-state index in [0.717, 1.165) is 15.4 Å². The molecule has 242 valence electrons. The molecule has 0 fully saturated rings. The maximum atomic E-state index is 14.6. The van der Waals surface area contributed by atoms with Crippen LogP contribution < -0.4 is 9.62 Å². The van der Waals surface area contributed by atoms with Crippen LogP contribution in [0.5, 0.6) is 0 Å². The molecular formula is C35H36Cl3N3O4S. The highest BCUT2D eigenvalue weighted by atomic mass is 35.5. The van der Waals surface area contributed by atoms with Gasteiger partial charge in [-0.1, -0.05) is 108 Å². The van der Waals surface area contributed by atoms with Gasteiger partial charge in [0.1, 0.15) is 12.6 Å². The van der Waals surface area contributed by atoms with Crippen LogP contribution in [0.3, 0.4) is 0 Å². The minimum absolute atomic E-state index is 0.00742. The van der Waals surface area contributed by atoms with Crippen molar-refractivity contribution in [1.82, 2.24) is 10.2 Å². The number of amides is 2. The third kappa shape index (κ3) is 8.82. The van der Waals surface area contributed by atoms with Crippen molar-refractivity contribution in [3.8, 4) is 0 Å². The molecule has 11 heteroatoms. The van der Waals surface area contributed by atoms with Gasteiger partial charge >= 0.3 is 0 Å². The van der Waals surface area contributed by atoms with Crippen molar-refractivity contribution < 1.29 is 18.0 Å². The van der Waals surface area contributed by atoms with Crippen molar-refractivity contribution in [2.45, 2.75) is 57.1 Å². The lowest BCUT2D eigenvalue weighted by atomic mass is 10.0. The molecule has 0 aliphatic rings. The second-order valence-electron chi connectivity index (χ2n) is 11.1. The summed E-state index contributed by atoms with van der Waals surface area (Å²) in [6, 6.07) is 26.1. The summed E-state index contributed by atoms with van der Waals surface area (Å²) >= 11 is 19.2. The molecule has 1 N–H and O–H groups in total. The molecule has 2 amide bonds. The van der Waals surface area contributed by atoms with Gasteiger partial charge in [-0.15, -0.1) is 0 Å². The van der Waals surface area contributed by atoms with Gasteiger partial charge in [-0.25, -0.2) is 8.42 Å². The van der Waals surface area contributed by atoms with Gasteiger partial charge in [0.15, 0.2) is 0 Å². The van der Waals surface area contributed by atoms with Crippen molar-refractivity contribution in [1.29, 1.82) is 0 Å². The summed E-state index contributed by atoms with van der Waals surface area (Å²) in [5.74, 6) is -0.978. The third-order valence-electron chi connectivity index (χ3n) is 7.60. The summed E-state index contributed by atoms with van der Waals surface area (Å²) in [7, 11) is -4.32. The quantitative estimate of drug-likeness (QED) is 0.155. The molecule has 0 spiro atoms. The van der Waals surface area contributed by atoms with Gasteiger partial charge in [-0.2, -0.15) is 0 Å². The molecule has 0 aliphatic heterocycles. The molecule has 7 nitrogen and oxygen atoms in total. The average molecular weight is 701 g/mol. The van der Waals surface area contributed by atoms with Crippen LogP contribution in [0.4, 0.5) is 5.69 Å². The molecule has 0 aromatic heterocycles. The highest BCUT2D eigenvalue weighted by Crippen LogP contribution is 2.35. The van der Waals surface area contributed by atoms with Crippen LogP contribution in [0.1, 0.15) is 37.0 Å². The lowest BCUT2D eigenvalue weighted by Crippen LogP contribution is -2.54. The summed E-state index contributed by atoms with van der Waals surface area (Å²) in [4.78, 5) is 29.9. The smallest absolute Gasteiger partial charge is 0.264 e. The van der Waals surface area contributed by atoms with E-state index >= 15 is 0 Å². The fourth-order valence-electron chi connectivity index (χ4n) is 4.86. The topological polar surface area (TPSA) is 86.8 Å². The number of nitrogens with one attached hydrogen (secondary N) is 1. The van der Waals surface area contributed by atoms with Crippen LogP contribution >= 0.6 is 34.8 Å². The van der Waals surface area contributed by atoms with E-state index in [0.29, 0.717) is 17.0 Å².